The van der Waals surface area contributed by atoms with Crippen LogP contribution >= 0.6 is 11.8 Å². The molecule has 174 valence electrons. The van der Waals surface area contributed by atoms with Crippen molar-refractivity contribution >= 4 is 23.4 Å². The number of imidazole rings is 1. The van der Waals surface area contributed by atoms with Gasteiger partial charge in [-0.15, -0.1) is 0 Å². The smallest absolute Gasteiger partial charge is 0.332 e. The Balaban J connectivity index is 1.68. The van der Waals surface area contributed by atoms with E-state index in [0.29, 0.717) is 5.16 Å². The molecular formula is C25H25N5O3S. The van der Waals surface area contributed by atoms with E-state index in [2.05, 4.69) is 4.98 Å². The van der Waals surface area contributed by atoms with E-state index in [1.807, 2.05) is 62.4 Å². The molecule has 0 amide bonds. The summed E-state index contributed by atoms with van der Waals surface area (Å²) in [6.07, 6.45) is 0. The summed E-state index contributed by atoms with van der Waals surface area (Å²) in [5.41, 5.74) is 10.3. The van der Waals surface area contributed by atoms with Crippen LogP contribution in [-0.4, -0.2) is 30.6 Å². The summed E-state index contributed by atoms with van der Waals surface area (Å²) in [6.45, 7) is 4.05. The van der Waals surface area contributed by atoms with E-state index in [-0.39, 0.29) is 17.1 Å². The van der Waals surface area contributed by atoms with Gasteiger partial charge in [0.2, 0.25) is 0 Å². The van der Waals surface area contributed by atoms with Crippen LogP contribution in [0.4, 0.5) is 5.82 Å². The van der Waals surface area contributed by atoms with Gasteiger partial charge < -0.3 is 10.7 Å². The zero-order valence-electron chi connectivity index (χ0n) is 19.4. The number of ketones is 1. The number of thioether (sulfide) groups is 1. The second kappa shape index (κ2) is 9.18. The standard InChI is InChI=1S/C25H25N5O3S/c1-14-5-9-16(10-6-14)20-21(17-11-7-15(2)8-12-17)28-24(27-20)34-13-18(31)19-22(26)29(3)25(33)30(4)23(19)32/h5-12H,13,26H2,1-4H3,(H,27,28). The monoisotopic (exact) mass is 475 g/mol. The van der Waals surface area contributed by atoms with Crippen molar-refractivity contribution in [2.45, 2.75) is 19.0 Å². The van der Waals surface area contributed by atoms with Crippen LogP contribution in [-0.2, 0) is 14.1 Å². The number of carbonyl (C=O) groups excluding carboxylic acids is 1. The first kappa shape index (κ1) is 23.3. The predicted molar refractivity (Wildman–Crippen MR) is 135 cm³/mol. The van der Waals surface area contributed by atoms with Crippen LogP contribution in [0.15, 0.2) is 63.3 Å². The number of hydrogen-bond donors (Lipinski definition) is 2. The highest BCUT2D eigenvalue weighted by Crippen LogP contribution is 2.33. The molecular weight excluding hydrogens is 450 g/mol. The highest BCUT2D eigenvalue weighted by molar-refractivity contribution is 7.99. The SMILES string of the molecule is Cc1ccc(-c2nc(SCC(=O)c3c(N)n(C)c(=O)n(C)c3=O)[nH]c2-c2ccc(C)cc2)cc1. The maximum absolute atomic E-state index is 12.9. The largest absolute Gasteiger partial charge is 0.384 e. The number of benzene rings is 2. The summed E-state index contributed by atoms with van der Waals surface area (Å²) < 4.78 is 1.98. The van der Waals surface area contributed by atoms with Crippen molar-refractivity contribution in [3.8, 4) is 22.5 Å². The Hall–Kier alpha value is -3.85. The van der Waals surface area contributed by atoms with E-state index in [9.17, 15) is 14.4 Å². The average molecular weight is 476 g/mol. The molecule has 0 aliphatic heterocycles. The van der Waals surface area contributed by atoms with Crippen molar-refractivity contribution < 1.29 is 4.79 Å². The number of H-pyrrole nitrogens is 1. The molecule has 4 rings (SSSR count). The van der Waals surface area contributed by atoms with Crippen LogP contribution in [0.5, 0.6) is 0 Å². The summed E-state index contributed by atoms with van der Waals surface area (Å²) in [4.78, 5) is 45.5. The van der Waals surface area contributed by atoms with Gasteiger partial charge in [-0.3, -0.25) is 18.7 Å². The Bertz CT molecular complexity index is 1430. The van der Waals surface area contributed by atoms with Crippen LogP contribution in [0.3, 0.4) is 0 Å². The molecule has 34 heavy (non-hydrogen) atoms. The minimum atomic E-state index is -0.702. The van der Waals surface area contributed by atoms with Crippen molar-refractivity contribution in [1.29, 1.82) is 0 Å². The molecule has 2 heterocycles. The lowest BCUT2D eigenvalue weighted by atomic mass is 10.0. The van der Waals surface area contributed by atoms with Crippen LogP contribution in [0, 0.1) is 13.8 Å². The highest BCUT2D eigenvalue weighted by Gasteiger charge is 2.21. The number of nitrogens with zero attached hydrogens (tertiary/aromatic N) is 3. The zero-order chi connectivity index (χ0) is 24.6. The van der Waals surface area contributed by atoms with Gasteiger partial charge in [0.05, 0.1) is 17.1 Å². The Kier molecular flexibility index (Phi) is 6.30. The van der Waals surface area contributed by atoms with Crippen LogP contribution in [0.1, 0.15) is 21.5 Å². The average Bonchev–Trinajstić information content (AvgIpc) is 3.25. The number of nitrogen functional groups attached to an aromatic ring is 1. The fourth-order valence-electron chi connectivity index (χ4n) is 3.60. The molecule has 2 aromatic carbocycles. The number of nitrogens with two attached hydrogens (primary N) is 1. The lowest BCUT2D eigenvalue weighted by Crippen LogP contribution is -2.41. The fraction of sp³-hybridized carbons (Fsp3) is 0.200. The molecule has 2 aromatic heterocycles. The van der Waals surface area contributed by atoms with E-state index in [1.165, 1.54) is 25.9 Å². The number of anilines is 1. The van der Waals surface area contributed by atoms with Crippen LogP contribution in [0.25, 0.3) is 22.5 Å². The van der Waals surface area contributed by atoms with Crippen molar-refractivity contribution in [3.63, 3.8) is 0 Å². The van der Waals surface area contributed by atoms with Crippen molar-refractivity contribution in [1.82, 2.24) is 19.1 Å². The molecule has 3 N–H and O–H groups in total. The van der Waals surface area contributed by atoms with E-state index < -0.39 is 17.0 Å². The third-order valence-corrected chi connectivity index (χ3v) is 6.55. The Morgan fingerprint density at radius 3 is 2.09 bits per heavy atom. The molecule has 0 spiro atoms. The summed E-state index contributed by atoms with van der Waals surface area (Å²) >= 11 is 1.18. The topological polar surface area (TPSA) is 116 Å². The molecule has 9 heteroatoms. The molecule has 0 fully saturated rings. The van der Waals surface area contributed by atoms with Gasteiger partial charge in [0, 0.05) is 25.2 Å². The molecule has 0 aliphatic rings. The molecule has 0 unspecified atom stereocenters. The number of Topliss-reactive ketones (excluding diaryl/α,β-unsaturated/α-hetero) is 1. The fourth-order valence-corrected chi connectivity index (χ4v) is 4.34. The van der Waals surface area contributed by atoms with Crippen LogP contribution in [0.2, 0.25) is 0 Å². The van der Waals surface area contributed by atoms with Gasteiger partial charge in [-0.1, -0.05) is 71.4 Å². The summed E-state index contributed by atoms with van der Waals surface area (Å²) in [7, 11) is 2.75. The number of carbonyl (C=O) groups is 1. The van der Waals surface area contributed by atoms with E-state index in [0.717, 1.165) is 42.8 Å². The first-order valence-electron chi connectivity index (χ1n) is 10.6. The van der Waals surface area contributed by atoms with Gasteiger partial charge in [0.25, 0.3) is 5.56 Å². The Morgan fingerprint density at radius 1 is 0.941 bits per heavy atom. The number of aromatic nitrogens is 4. The summed E-state index contributed by atoms with van der Waals surface area (Å²) in [5, 5.41) is 0.541. The van der Waals surface area contributed by atoms with Gasteiger partial charge in [-0.05, 0) is 13.8 Å². The molecule has 4 aromatic rings. The number of aryl methyl sites for hydroxylation is 2. The van der Waals surface area contributed by atoms with Gasteiger partial charge in [-0.2, -0.15) is 0 Å². The zero-order valence-corrected chi connectivity index (χ0v) is 20.2. The predicted octanol–water partition coefficient (Wildman–Crippen LogP) is 3.32. The van der Waals surface area contributed by atoms with E-state index in [4.69, 9.17) is 10.7 Å². The third-order valence-electron chi connectivity index (χ3n) is 5.68. The molecule has 0 atom stereocenters. The first-order valence-corrected chi connectivity index (χ1v) is 11.6. The molecule has 0 saturated heterocycles. The second-order valence-corrected chi connectivity index (χ2v) is 9.14. The van der Waals surface area contributed by atoms with Crippen molar-refractivity contribution in [2.24, 2.45) is 14.1 Å². The van der Waals surface area contributed by atoms with Gasteiger partial charge >= 0.3 is 5.69 Å². The number of nitrogens with one attached hydrogen (secondary N) is 1. The molecule has 8 nitrogen and oxygen atoms in total. The second-order valence-electron chi connectivity index (χ2n) is 8.18. The third kappa shape index (κ3) is 4.34. The minimum Gasteiger partial charge on any atom is -0.384 e. The van der Waals surface area contributed by atoms with E-state index >= 15 is 0 Å². The lowest BCUT2D eigenvalue weighted by Gasteiger charge is -2.10. The van der Waals surface area contributed by atoms with Gasteiger partial charge in [0.15, 0.2) is 10.9 Å². The summed E-state index contributed by atoms with van der Waals surface area (Å²) in [5.74, 6) is -0.672. The van der Waals surface area contributed by atoms with Crippen molar-refractivity contribution in [3.05, 3.63) is 86.1 Å². The molecule has 0 radical (unpaired) electrons. The number of aromatic amines is 1. The Labute approximate surface area is 200 Å². The minimum absolute atomic E-state index is 0.0637. The maximum Gasteiger partial charge on any atom is 0.332 e. The highest BCUT2D eigenvalue weighted by atomic mass is 32.2. The van der Waals surface area contributed by atoms with Crippen LogP contribution < -0.4 is 17.0 Å². The molecule has 0 saturated carbocycles. The normalized spacial score (nSPS) is 11.1. The molecule has 0 aliphatic carbocycles. The quantitative estimate of drug-likeness (QED) is 0.327. The first-order chi connectivity index (χ1) is 16.2. The van der Waals surface area contributed by atoms with Gasteiger partial charge in [0.1, 0.15) is 11.4 Å². The van der Waals surface area contributed by atoms with Crippen molar-refractivity contribution in [2.75, 3.05) is 11.5 Å². The number of hydrogen-bond acceptors (Lipinski definition) is 6. The van der Waals surface area contributed by atoms with Gasteiger partial charge in [-0.25, -0.2) is 9.78 Å². The summed E-state index contributed by atoms with van der Waals surface area (Å²) in [6, 6.07) is 16.2. The Morgan fingerprint density at radius 2 is 1.50 bits per heavy atom. The lowest BCUT2D eigenvalue weighted by molar-refractivity contribution is 0.102. The number of rotatable bonds is 6. The van der Waals surface area contributed by atoms with E-state index in [1.54, 1.807) is 0 Å². The molecule has 0 bridgehead atoms. The maximum atomic E-state index is 12.9.